The van der Waals surface area contributed by atoms with E-state index >= 15 is 0 Å². The minimum absolute atomic E-state index is 0.452. The molecule has 66 valence electrons. The largest absolute Gasteiger partial charge is 0.383 e. The van der Waals surface area contributed by atoms with E-state index in [1.165, 1.54) is 0 Å². The summed E-state index contributed by atoms with van der Waals surface area (Å²) in [6, 6.07) is 0. The van der Waals surface area contributed by atoms with Gasteiger partial charge in [-0.25, -0.2) is 9.97 Å². The van der Waals surface area contributed by atoms with Crippen LogP contribution in [-0.2, 0) is 0 Å². The smallest absolute Gasteiger partial charge is 0.183 e. The Morgan fingerprint density at radius 1 is 1.38 bits per heavy atom. The number of hydrogen-bond acceptors (Lipinski definition) is 5. The van der Waals surface area contributed by atoms with Gasteiger partial charge in [-0.1, -0.05) is 0 Å². The summed E-state index contributed by atoms with van der Waals surface area (Å²) >= 11 is 2.07. The molecule has 0 saturated heterocycles. The van der Waals surface area contributed by atoms with E-state index in [-0.39, 0.29) is 0 Å². The van der Waals surface area contributed by atoms with Crippen LogP contribution in [0, 0.1) is 3.57 Å². The second kappa shape index (κ2) is 3.24. The van der Waals surface area contributed by atoms with E-state index < -0.39 is 0 Å². The molecule has 2 aromatic heterocycles. The summed E-state index contributed by atoms with van der Waals surface area (Å²) in [7, 11) is 0. The molecule has 0 aliphatic carbocycles. The minimum atomic E-state index is 0.452. The highest BCUT2D eigenvalue weighted by Crippen LogP contribution is 2.15. The molecule has 2 aromatic rings. The highest BCUT2D eigenvalue weighted by Gasteiger charge is 2.05. The van der Waals surface area contributed by atoms with Crippen molar-refractivity contribution in [2.45, 2.75) is 0 Å². The number of nitrogens with two attached hydrogens (primary N) is 1. The molecule has 0 aliphatic rings. The first-order valence-electron chi connectivity index (χ1n) is 3.41. The van der Waals surface area contributed by atoms with E-state index in [2.05, 4.69) is 48.0 Å². The Morgan fingerprint density at radius 2 is 2.23 bits per heavy atom. The Balaban J connectivity index is 2.49. The van der Waals surface area contributed by atoms with E-state index in [1.807, 2.05) is 0 Å². The van der Waals surface area contributed by atoms with Crippen LogP contribution in [0.5, 0.6) is 0 Å². The van der Waals surface area contributed by atoms with Crippen molar-refractivity contribution in [3.05, 3.63) is 16.0 Å². The molecule has 0 atom stereocenters. The van der Waals surface area contributed by atoms with E-state index in [0.717, 1.165) is 3.57 Å². The molecule has 7 heteroatoms. The summed E-state index contributed by atoms with van der Waals surface area (Å²) in [4.78, 5) is 8.11. The standard InChI is InChI=1S/C6H5IN6/c7-3-1-9-6(11-5(3)8)4-2-10-13-12-4/h1-2H,(H2,8,9,11)(H,10,12,13). The number of hydrogen-bond donors (Lipinski definition) is 2. The summed E-state index contributed by atoms with van der Waals surface area (Å²) in [6.45, 7) is 0. The van der Waals surface area contributed by atoms with Crippen LogP contribution in [0.2, 0.25) is 0 Å². The van der Waals surface area contributed by atoms with Crippen LogP contribution >= 0.6 is 22.6 Å². The van der Waals surface area contributed by atoms with Crippen molar-refractivity contribution in [1.29, 1.82) is 0 Å². The molecule has 2 rings (SSSR count). The second-order valence-corrected chi connectivity index (χ2v) is 3.44. The first-order chi connectivity index (χ1) is 6.27. The molecule has 6 nitrogen and oxygen atoms in total. The summed E-state index contributed by atoms with van der Waals surface area (Å²) in [5.74, 6) is 0.931. The number of H-pyrrole nitrogens is 1. The molecule has 0 saturated carbocycles. The minimum Gasteiger partial charge on any atom is -0.383 e. The number of rotatable bonds is 1. The average Bonchev–Trinajstić information content (AvgIpc) is 2.62. The highest BCUT2D eigenvalue weighted by atomic mass is 127. The number of aromatic nitrogens is 5. The van der Waals surface area contributed by atoms with Crippen molar-refractivity contribution in [2.75, 3.05) is 5.73 Å². The third kappa shape index (κ3) is 1.59. The molecule has 3 N–H and O–H groups in total. The predicted molar refractivity (Wildman–Crippen MR) is 54.5 cm³/mol. The Labute approximate surface area is 87.1 Å². The van der Waals surface area contributed by atoms with E-state index in [1.54, 1.807) is 12.4 Å². The fourth-order valence-corrected chi connectivity index (χ4v) is 1.07. The lowest BCUT2D eigenvalue weighted by molar-refractivity contribution is 0.938. The van der Waals surface area contributed by atoms with Crippen LogP contribution in [0.3, 0.4) is 0 Å². The molecule has 0 spiro atoms. The SMILES string of the molecule is Nc1nc(-c2cn[nH]n2)ncc1I. The van der Waals surface area contributed by atoms with Crippen LogP contribution in [0.1, 0.15) is 0 Å². The van der Waals surface area contributed by atoms with Gasteiger partial charge in [0.1, 0.15) is 11.5 Å². The summed E-state index contributed by atoms with van der Waals surface area (Å²) in [5, 5.41) is 9.97. The van der Waals surface area contributed by atoms with Crippen molar-refractivity contribution in [1.82, 2.24) is 25.4 Å². The van der Waals surface area contributed by atoms with Gasteiger partial charge in [-0.2, -0.15) is 15.4 Å². The van der Waals surface area contributed by atoms with E-state index in [0.29, 0.717) is 17.3 Å². The van der Waals surface area contributed by atoms with Gasteiger partial charge in [0.15, 0.2) is 5.82 Å². The molecular weight excluding hydrogens is 283 g/mol. The Kier molecular flexibility index (Phi) is 2.08. The van der Waals surface area contributed by atoms with Gasteiger partial charge in [0.25, 0.3) is 0 Å². The molecule has 0 bridgehead atoms. The highest BCUT2D eigenvalue weighted by molar-refractivity contribution is 14.1. The number of aromatic amines is 1. The Bertz CT molecular complexity index is 411. The topological polar surface area (TPSA) is 93.4 Å². The zero-order valence-corrected chi connectivity index (χ0v) is 8.56. The third-order valence-electron chi connectivity index (χ3n) is 1.42. The number of anilines is 1. The zero-order chi connectivity index (χ0) is 9.26. The summed E-state index contributed by atoms with van der Waals surface area (Å²) < 4.78 is 0.824. The number of halogens is 1. The van der Waals surface area contributed by atoms with Gasteiger partial charge in [0.2, 0.25) is 0 Å². The van der Waals surface area contributed by atoms with Crippen molar-refractivity contribution >= 4 is 28.4 Å². The maximum Gasteiger partial charge on any atom is 0.183 e. The average molecular weight is 288 g/mol. The summed E-state index contributed by atoms with van der Waals surface area (Å²) in [5.41, 5.74) is 6.20. The maximum atomic E-state index is 5.61. The van der Waals surface area contributed by atoms with E-state index in [4.69, 9.17) is 5.73 Å². The lowest BCUT2D eigenvalue weighted by Gasteiger charge is -1.97. The molecule has 0 radical (unpaired) electrons. The van der Waals surface area contributed by atoms with Crippen molar-refractivity contribution in [3.63, 3.8) is 0 Å². The first-order valence-corrected chi connectivity index (χ1v) is 4.49. The van der Waals surface area contributed by atoms with Crippen LogP contribution < -0.4 is 5.73 Å². The fraction of sp³-hybridized carbons (Fsp3) is 0. The Morgan fingerprint density at radius 3 is 2.85 bits per heavy atom. The zero-order valence-electron chi connectivity index (χ0n) is 6.40. The lowest BCUT2D eigenvalue weighted by Crippen LogP contribution is -1.98. The van der Waals surface area contributed by atoms with Gasteiger partial charge < -0.3 is 5.73 Å². The molecule has 2 heterocycles. The number of nitrogen functional groups attached to an aromatic ring is 1. The normalized spacial score (nSPS) is 10.2. The monoisotopic (exact) mass is 288 g/mol. The second-order valence-electron chi connectivity index (χ2n) is 2.28. The van der Waals surface area contributed by atoms with Gasteiger partial charge in [0.05, 0.1) is 9.77 Å². The van der Waals surface area contributed by atoms with Crippen molar-refractivity contribution < 1.29 is 0 Å². The quantitative estimate of drug-likeness (QED) is 0.743. The first kappa shape index (κ1) is 8.35. The van der Waals surface area contributed by atoms with Crippen LogP contribution in [-0.4, -0.2) is 25.4 Å². The number of nitrogens with zero attached hydrogens (tertiary/aromatic N) is 4. The third-order valence-corrected chi connectivity index (χ3v) is 2.25. The van der Waals surface area contributed by atoms with Crippen molar-refractivity contribution in [3.8, 4) is 11.5 Å². The fourth-order valence-electron chi connectivity index (χ4n) is 0.813. The molecule has 0 amide bonds. The molecular formula is C6H5IN6. The number of nitrogens with one attached hydrogen (secondary N) is 1. The van der Waals surface area contributed by atoms with Crippen molar-refractivity contribution in [2.24, 2.45) is 0 Å². The Hall–Kier alpha value is -1.25. The van der Waals surface area contributed by atoms with Gasteiger partial charge in [-0.05, 0) is 22.6 Å². The molecule has 0 aromatic carbocycles. The van der Waals surface area contributed by atoms with Gasteiger partial charge in [-0.15, -0.1) is 0 Å². The maximum absolute atomic E-state index is 5.61. The van der Waals surface area contributed by atoms with Gasteiger partial charge in [-0.3, -0.25) is 0 Å². The van der Waals surface area contributed by atoms with Crippen LogP contribution in [0.15, 0.2) is 12.4 Å². The lowest BCUT2D eigenvalue weighted by atomic mass is 10.4. The molecule has 0 fully saturated rings. The molecule has 0 aliphatic heterocycles. The summed E-state index contributed by atoms with van der Waals surface area (Å²) in [6.07, 6.45) is 3.19. The van der Waals surface area contributed by atoms with Crippen LogP contribution in [0.4, 0.5) is 5.82 Å². The van der Waals surface area contributed by atoms with Crippen LogP contribution in [0.25, 0.3) is 11.5 Å². The predicted octanol–water partition coefficient (Wildman–Crippen LogP) is 0.448. The van der Waals surface area contributed by atoms with E-state index in [9.17, 15) is 0 Å². The molecule has 0 unspecified atom stereocenters. The van der Waals surface area contributed by atoms with Gasteiger partial charge >= 0.3 is 0 Å². The molecule has 13 heavy (non-hydrogen) atoms. The van der Waals surface area contributed by atoms with Gasteiger partial charge in [0, 0.05) is 6.20 Å².